The maximum atomic E-state index is 11.2. The van der Waals surface area contributed by atoms with Gasteiger partial charge in [0.2, 0.25) is 5.79 Å². The van der Waals surface area contributed by atoms with E-state index >= 15 is 0 Å². The van der Waals surface area contributed by atoms with E-state index in [4.69, 9.17) is 24.0 Å². The van der Waals surface area contributed by atoms with Crippen molar-refractivity contribution in [1.29, 1.82) is 0 Å². The van der Waals surface area contributed by atoms with Crippen LogP contribution in [0.15, 0.2) is 18.2 Å². The van der Waals surface area contributed by atoms with E-state index in [0.29, 0.717) is 24.0 Å². The largest absolute Gasteiger partial charge is 0.478 e. The predicted octanol–water partition coefficient (Wildman–Crippen LogP) is 4.85. The number of carbonyl (C=O) groups is 1. The molecular weight excluding hydrogens is 424 g/mol. The molecule has 7 nitrogen and oxygen atoms in total. The minimum atomic E-state index is -0.888. The van der Waals surface area contributed by atoms with Gasteiger partial charge in [-0.15, -0.1) is 0 Å². The monoisotopic (exact) mass is 460 g/mol. The molecule has 4 saturated heterocycles. The fraction of sp³-hybridized carbons (Fsp3) is 0.731. The first-order chi connectivity index (χ1) is 15.7. The Labute approximate surface area is 195 Å². The zero-order valence-electron chi connectivity index (χ0n) is 20.0. The molecule has 6 rings (SSSR count). The molecule has 8 atom stereocenters. The Morgan fingerprint density at radius 2 is 2.00 bits per heavy atom. The van der Waals surface area contributed by atoms with Crippen molar-refractivity contribution in [3.63, 3.8) is 0 Å². The van der Waals surface area contributed by atoms with E-state index < -0.39 is 23.6 Å². The normalized spacial score (nSPS) is 41.9. The first kappa shape index (κ1) is 23.2. The molecule has 0 unspecified atom stereocenters. The van der Waals surface area contributed by atoms with E-state index in [1.165, 1.54) is 6.42 Å². The average molecular weight is 461 g/mol. The molecule has 1 spiro atoms. The predicted molar refractivity (Wildman–Crippen MR) is 119 cm³/mol. The third-order valence-corrected chi connectivity index (χ3v) is 8.51. The molecule has 5 fully saturated rings. The summed E-state index contributed by atoms with van der Waals surface area (Å²) >= 11 is 0. The van der Waals surface area contributed by atoms with Gasteiger partial charge in [-0.25, -0.2) is 14.6 Å². The van der Waals surface area contributed by atoms with Gasteiger partial charge >= 0.3 is 5.97 Å². The van der Waals surface area contributed by atoms with E-state index in [2.05, 4.69) is 13.8 Å². The van der Waals surface area contributed by atoms with Crippen LogP contribution in [0.25, 0.3) is 0 Å². The van der Waals surface area contributed by atoms with E-state index in [9.17, 15) is 9.90 Å². The van der Waals surface area contributed by atoms with Crippen LogP contribution in [-0.2, 0) is 30.4 Å². The van der Waals surface area contributed by atoms with Crippen LogP contribution in [0.5, 0.6) is 0 Å². The van der Waals surface area contributed by atoms with Crippen LogP contribution < -0.4 is 0 Å². The third-order valence-electron chi connectivity index (χ3n) is 8.51. The maximum absolute atomic E-state index is 11.2. The maximum Gasteiger partial charge on any atom is 0.335 e. The van der Waals surface area contributed by atoms with Gasteiger partial charge in [0.15, 0.2) is 18.2 Å². The average Bonchev–Trinajstić information content (AvgIpc) is 3.00. The molecule has 7 heteroatoms. The summed E-state index contributed by atoms with van der Waals surface area (Å²) in [4.78, 5) is 23.3. The first-order valence-electron chi connectivity index (χ1n) is 12.4. The molecule has 2 bridgehead atoms. The summed E-state index contributed by atoms with van der Waals surface area (Å²) in [5.41, 5.74) is 1.69. The zero-order chi connectivity index (χ0) is 23.4. The summed E-state index contributed by atoms with van der Waals surface area (Å²) in [6.45, 7) is 8.85. The number of aromatic carboxylic acids is 1. The fourth-order valence-corrected chi connectivity index (χ4v) is 6.66. The minimum Gasteiger partial charge on any atom is -0.478 e. The summed E-state index contributed by atoms with van der Waals surface area (Å²) < 4.78 is 19.1. The van der Waals surface area contributed by atoms with Crippen molar-refractivity contribution in [1.82, 2.24) is 0 Å². The van der Waals surface area contributed by atoms with Crippen molar-refractivity contribution in [2.45, 2.75) is 90.2 Å². The summed E-state index contributed by atoms with van der Waals surface area (Å²) in [5.74, 6) is -0.339. The number of ether oxygens (including phenoxy) is 3. The van der Waals surface area contributed by atoms with Crippen LogP contribution in [0.4, 0.5) is 0 Å². The molecule has 1 aliphatic carbocycles. The lowest BCUT2D eigenvalue weighted by molar-refractivity contribution is -0.577. The Kier molecular flexibility index (Phi) is 6.07. The Balaban J connectivity index is 1.24. The lowest BCUT2D eigenvalue weighted by Crippen LogP contribution is -2.70. The Bertz CT molecular complexity index is 903. The van der Waals surface area contributed by atoms with E-state index in [0.717, 1.165) is 43.2 Å². The summed E-state index contributed by atoms with van der Waals surface area (Å²) in [6.07, 6.45) is 4.87. The summed E-state index contributed by atoms with van der Waals surface area (Å²) in [7, 11) is 0. The Hall–Kier alpha value is -1.51. The van der Waals surface area contributed by atoms with Crippen molar-refractivity contribution in [3.05, 3.63) is 34.9 Å². The summed E-state index contributed by atoms with van der Waals surface area (Å²) in [5, 5.41) is 9.21. The smallest absolute Gasteiger partial charge is 0.335 e. The molecular formula is C26H36O7. The lowest BCUT2D eigenvalue weighted by atomic mass is 9.58. The molecule has 1 N–H and O–H groups in total. The van der Waals surface area contributed by atoms with Crippen LogP contribution in [-0.4, -0.2) is 41.7 Å². The van der Waals surface area contributed by atoms with Gasteiger partial charge in [-0.2, -0.15) is 0 Å². The summed E-state index contributed by atoms with van der Waals surface area (Å²) in [6, 6.07) is 5.52. The van der Waals surface area contributed by atoms with Crippen molar-refractivity contribution < 1.29 is 33.9 Å². The van der Waals surface area contributed by atoms with Crippen LogP contribution in [0, 0.1) is 30.6 Å². The minimum absolute atomic E-state index is 0.169. The van der Waals surface area contributed by atoms with Crippen molar-refractivity contribution >= 4 is 5.97 Å². The first-order valence-corrected chi connectivity index (χ1v) is 12.4. The molecule has 1 aromatic carbocycles. The second-order valence-corrected chi connectivity index (χ2v) is 10.7. The third kappa shape index (κ3) is 3.92. The molecule has 33 heavy (non-hydrogen) atoms. The van der Waals surface area contributed by atoms with Gasteiger partial charge < -0.3 is 19.3 Å². The van der Waals surface area contributed by atoms with Gasteiger partial charge in [-0.3, -0.25) is 0 Å². The van der Waals surface area contributed by atoms with Gasteiger partial charge in [0, 0.05) is 18.3 Å². The van der Waals surface area contributed by atoms with Crippen molar-refractivity contribution in [3.8, 4) is 0 Å². The highest BCUT2D eigenvalue weighted by atomic mass is 17.3. The van der Waals surface area contributed by atoms with E-state index in [-0.39, 0.29) is 18.1 Å². The van der Waals surface area contributed by atoms with Crippen LogP contribution in [0.2, 0.25) is 0 Å². The van der Waals surface area contributed by atoms with Crippen LogP contribution in [0.1, 0.15) is 74.4 Å². The molecule has 0 amide bonds. The highest BCUT2D eigenvalue weighted by Crippen LogP contribution is 2.60. The molecule has 0 aromatic heterocycles. The SMILES string of the molecule is Cc1cc(CCCO[C@H]2O[C@@H]3O[C@@]4(C)CC[C@H]5[C@H](C)CC[C@@H]([C@H]2C)[C@@]35OO4)ccc1C(=O)O. The zero-order valence-corrected chi connectivity index (χ0v) is 20.0. The second-order valence-electron chi connectivity index (χ2n) is 10.7. The second kappa shape index (κ2) is 8.61. The lowest BCUT2D eigenvalue weighted by Gasteiger charge is -2.60. The number of carboxylic acids is 1. The number of benzene rings is 1. The van der Waals surface area contributed by atoms with Gasteiger partial charge in [-0.1, -0.05) is 26.0 Å². The molecule has 4 heterocycles. The standard InChI is InChI=1S/C26H36O7/c1-15-7-10-21-17(3)23(29-13-5-6-18-8-9-19(22(27)28)16(2)14-18)30-24-26(21)20(15)11-12-25(4,31-24)32-33-26/h8-9,14-15,17,20-21,23-24H,5-7,10-13H2,1-4H3,(H,27,28)/t15-,17-,20+,21+,23+,24-,25-,26-/m1/s1. The highest BCUT2D eigenvalue weighted by Gasteiger charge is 2.69. The van der Waals surface area contributed by atoms with Gasteiger partial charge in [0.25, 0.3) is 0 Å². The number of hydrogen-bond donors (Lipinski definition) is 1. The number of hydrogen-bond acceptors (Lipinski definition) is 6. The Morgan fingerprint density at radius 1 is 1.18 bits per heavy atom. The fourth-order valence-electron chi connectivity index (χ4n) is 6.66. The highest BCUT2D eigenvalue weighted by molar-refractivity contribution is 5.89. The van der Waals surface area contributed by atoms with Gasteiger partial charge in [0.1, 0.15) is 0 Å². The van der Waals surface area contributed by atoms with Crippen molar-refractivity contribution in [2.24, 2.45) is 23.7 Å². The molecule has 1 saturated carbocycles. The molecule has 0 radical (unpaired) electrons. The van der Waals surface area contributed by atoms with Crippen LogP contribution in [0.3, 0.4) is 0 Å². The van der Waals surface area contributed by atoms with Gasteiger partial charge in [-0.05, 0) is 75.0 Å². The van der Waals surface area contributed by atoms with Gasteiger partial charge in [0.05, 0.1) is 12.2 Å². The Morgan fingerprint density at radius 3 is 2.76 bits per heavy atom. The van der Waals surface area contributed by atoms with E-state index in [1.54, 1.807) is 6.07 Å². The number of aryl methyl sites for hydroxylation is 2. The quantitative estimate of drug-likeness (QED) is 0.480. The molecule has 4 aliphatic heterocycles. The molecule has 1 aromatic rings. The number of carboxylic acid groups (broad SMARTS) is 1. The molecule has 5 aliphatic rings. The number of fused-ring (bicyclic) bond motifs is 2. The molecule has 182 valence electrons. The van der Waals surface area contributed by atoms with Crippen molar-refractivity contribution in [2.75, 3.05) is 6.61 Å². The van der Waals surface area contributed by atoms with Crippen LogP contribution >= 0.6 is 0 Å². The number of rotatable bonds is 6. The topological polar surface area (TPSA) is 83.5 Å². The van der Waals surface area contributed by atoms with E-state index in [1.807, 2.05) is 26.0 Å².